The number of nitrogens with zero attached hydrogens (tertiary/aromatic N) is 1. The number of nitrogens with two attached hydrogens (primary N) is 1. The summed E-state index contributed by atoms with van der Waals surface area (Å²) < 4.78 is 5.45. The maximum Gasteiger partial charge on any atom is 0.251 e. The van der Waals surface area contributed by atoms with E-state index in [0.29, 0.717) is 36.0 Å². The number of anilines is 1. The van der Waals surface area contributed by atoms with Gasteiger partial charge >= 0.3 is 0 Å². The molecule has 0 saturated carbocycles. The zero-order valence-electron chi connectivity index (χ0n) is 14.0. The first-order chi connectivity index (χ1) is 12.1. The summed E-state index contributed by atoms with van der Waals surface area (Å²) in [7, 11) is 0. The Hall–Kier alpha value is -2.08. The molecule has 25 heavy (non-hydrogen) atoms. The molecule has 1 heterocycles. The number of ether oxygens (including phenoxy) is 1. The van der Waals surface area contributed by atoms with Gasteiger partial charge in [0, 0.05) is 35.9 Å². The highest BCUT2D eigenvalue weighted by Gasteiger charge is 2.23. The van der Waals surface area contributed by atoms with Crippen molar-refractivity contribution in [3.8, 4) is 0 Å². The van der Waals surface area contributed by atoms with Crippen LogP contribution in [0.3, 0.4) is 0 Å². The fourth-order valence-electron chi connectivity index (χ4n) is 3.00. The number of hydrogen-bond donors (Lipinski definition) is 2. The molecule has 3 N–H and O–H groups in total. The Morgan fingerprint density at radius 3 is 2.60 bits per heavy atom. The van der Waals surface area contributed by atoms with Gasteiger partial charge in [0.1, 0.15) is 0 Å². The minimum Gasteiger partial charge on any atom is -0.399 e. The van der Waals surface area contributed by atoms with Crippen LogP contribution in [0.2, 0.25) is 5.02 Å². The Kier molecular flexibility index (Phi) is 5.91. The molecule has 1 aliphatic rings. The van der Waals surface area contributed by atoms with Crippen LogP contribution < -0.4 is 11.1 Å². The van der Waals surface area contributed by atoms with Gasteiger partial charge in [0.05, 0.1) is 19.3 Å². The molecule has 1 unspecified atom stereocenters. The molecular formula is C19H22ClN3O2. The third kappa shape index (κ3) is 4.72. The van der Waals surface area contributed by atoms with Crippen LogP contribution in [0.15, 0.2) is 48.5 Å². The van der Waals surface area contributed by atoms with E-state index in [1.165, 1.54) is 0 Å². The summed E-state index contributed by atoms with van der Waals surface area (Å²) in [5, 5.41) is 3.73. The summed E-state index contributed by atoms with van der Waals surface area (Å²) in [6.07, 6.45) is 0. The van der Waals surface area contributed by atoms with Crippen molar-refractivity contribution < 1.29 is 9.53 Å². The number of carbonyl (C=O) groups is 1. The number of hydrogen-bond acceptors (Lipinski definition) is 4. The van der Waals surface area contributed by atoms with Gasteiger partial charge in [0.15, 0.2) is 0 Å². The molecule has 2 aromatic rings. The summed E-state index contributed by atoms with van der Waals surface area (Å²) in [4.78, 5) is 14.8. The lowest BCUT2D eigenvalue weighted by Crippen LogP contribution is -2.43. The van der Waals surface area contributed by atoms with Crippen molar-refractivity contribution in [3.63, 3.8) is 0 Å². The van der Waals surface area contributed by atoms with Gasteiger partial charge in [0.2, 0.25) is 0 Å². The van der Waals surface area contributed by atoms with E-state index in [1.54, 1.807) is 24.3 Å². The van der Waals surface area contributed by atoms with Gasteiger partial charge in [-0.15, -0.1) is 0 Å². The normalized spacial score (nSPS) is 16.4. The minimum atomic E-state index is -0.125. The molecule has 3 rings (SSSR count). The van der Waals surface area contributed by atoms with E-state index in [-0.39, 0.29) is 11.9 Å². The maximum absolute atomic E-state index is 12.4. The molecule has 6 heteroatoms. The SMILES string of the molecule is Nc1cccc(C(=O)NCC(c2ccc(Cl)cc2)N2CCOCC2)c1. The monoisotopic (exact) mass is 359 g/mol. The van der Waals surface area contributed by atoms with Crippen molar-refractivity contribution in [1.29, 1.82) is 0 Å². The summed E-state index contributed by atoms with van der Waals surface area (Å²) >= 11 is 6.01. The lowest BCUT2D eigenvalue weighted by atomic mass is 10.0. The first kappa shape index (κ1) is 17.7. The van der Waals surface area contributed by atoms with Crippen LogP contribution >= 0.6 is 11.6 Å². The molecule has 1 saturated heterocycles. The maximum atomic E-state index is 12.4. The second-order valence-corrected chi connectivity index (χ2v) is 6.49. The zero-order valence-corrected chi connectivity index (χ0v) is 14.7. The number of rotatable bonds is 5. The highest BCUT2D eigenvalue weighted by molar-refractivity contribution is 6.30. The standard InChI is InChI=1S/C19H22ClN3O2/c20-16-6-4-14(5-7-16)18(23-8-10-25-11-9-23)13-22-19(24)15-2-1-3-17(21)12-15/h1-7,12,18H,8-11,13,21H2,(H,22,24). The lowest BCUT2D eigenvalue weighted by molar-refractivity contribution is 0.0162. The van der Waals surface area contributed by atoms with E-state index in [2.05, 4.69) is 10.2 Å². The third-order valence-corrected chi connectivity index (χ3v) is 4.60. The molecule has 132 valence electrons. The topological polar surface area (TPSA) is 67.6 Å². The molecular weight excluding hydrogens is 338 g/mol. The number of halogens is 1. The van der Waals surface area contributed by atoms with Crippen LogP contribution in [0.5, 0.6) is 0 Å². The van der Waals surface area contributed by atoms with Crippen LogP contribution in [0.25, 0.3) is 0 Å². The number of benzene rings is 2. The summed E-state index contributed by atoms with van der Waals surface area (Å²) in [6, 6.07) is 14.8. The first-order valence-electron chi connectivity index (χ1n) is 8.34. The van der Waals surface area contributed by atoms with E-state index in [9.17, 15) is 4.79 Å². The van der Waals surface area contributed by atoms with E-state index in [0.717, 1.165) is 18.7 Å². The minimum absolute atomic E-state index is 0.0752. The van der Waals surface area contributed by atoms with Gasteiger partial charge in [0.25, 0.3) is 5.91 Å². The molecule has 0 aromatic heterocycles. The molecule has 5 nitrogen and oxygen atoms in total. The van der Waals surface area contributed by atoms with E-state index >= 15 is 0 Å². The fourth-order valence-corrected chi connectivity index (χ4v) is 3.13. The first-order valence-corrected chi connectivity index (χ1v) is 8.72. The Bertz CT molecular complexity index is 715. The third-order valence-electron chi connectivity index (χ3n) is 4.35. The van der Waals surface area contributed by atoms with Crippen LogP contribution in [0.4, 0.5) is 5.69 Å². The Morgan fingerprint density at radius 1 is 1.20 bits per heavy atom. The zero-order chi connectivity index (χ0) is 17.6. The van der Waals surface area contributed by atoms with Gasteiger partial charge in [-0.3, -0.25) is 9.69 Å². The number of morpholine rings is 1. The molecule has 1 fully saturated rings. The lowest BCUT2D eigenvalue weighted by Gasteiger charge is -2.35. The Balaban J connectivity index is 1.73. The van der Waals surface area contributed by atoms with Crippen LogP contribution in [0, 0.1) is 0 Å². The predicted octanol–water partition coefficient (Wildman–Crippen LogP) is 2.73. The van der Waals surface area contributed by atoms with Crippen LogP contribution in [0.1, 0.15) is 22.0 Å². The molecule has 1 atom stereocenters. The fraction of sp³-hybridized carbons (Fsp3) is 0.316. The molecule has 0 spiro atoms. The van der Waals surface area contributed by atoms with Gasteiger partial charge in [-0.25, -0.2) is 0 Å². The molecule has 1 amide bonds. The van der Waals surface area contributed by atoms with Gasteiger partial charge in [-0.2, -0.15) is 0 Å². The highest BCUT2D eigenvalue weighted by Crippen LogP contribution is 2.23. The van der Waals surface area contributed by atoms with Crippen LogP contribution in [-0.2, 0) is 4.74 Å². The van der Waals surface area contributed by atoms with Crippen molar-refractivity contribution in [1.82, 2.24) is 10.2 Å². The summed E-state index contributed by atoms with van der Waals surface area (Å²) in [5.74, 6) is -0.125. The highest BCUT2D eigenvalue weighted by atomic mass is 35.5. The smallest absolute Gasteiger partial charge is 0.251 e. The van der Waals surface area contributed by atoms with E-state index in [1.807, 2.05) is 24.3 Å². The van der Waals surface area contributed by atoms with Gasteiger partial charge in [-0.05, 0) is 35.9 Å². The van der Waals surface area contributed by atoms with Crippen LogP contribution in [-0.4, -0.2) is 43.7 Å². The quantitative estimate of drug-likeness (QED) is 0.805. The van der Waals surface area contributed by atoms with Crippen molar-refractivity contribution in [3.05, 3.63) is 64.7 Å². The average molecular weight is 360 g/mol. The Morgan fingerprint density at radius 2 is 1.92 bits per heavy atom. The van der Waals surface area contributed by atoms with Crippen molar-refractivity contribution in [2.24, 2.45) is 0 Å². The summed E-state index contributed by atoms with van der Waals surface area (Å²) in [5.41, 5.74) is 8.03. The van der Waals surface area contributed by atoms with Gasteiger partial charge < -0.3 is 15.8 Å². The largest absolute Gasteiger partial charge is 0.399 e. The number of nitrogen functional groups attached to an aromatic ring is 1. The molecule has 2 aromatic carbocycles. The summed E-state index contributed by atoms with van der Waals surface area (Å²) in [6.45, 7) is 3.58. The van der Waals surface area contributed by atoms with E-state index in [4.69, 9.17) is 22.1 Å². The van der Waals surface area contributed by atoms with Gasteiger partial charge in [-0.1, -0.05) is 29.8 Å². The average Bonchev–Trinajstić information content (AvgIpc) is 2.64. The second kappa shape index (κ2) is 8.34. The number of amides is 1. The molecule has 1 aliphatic heterocycles. The number of carbonyl (C=O) groups excluding carboxylic acids is 1. The second-order valence-electron chi connectivity index (χ2n) is 6.05. The molecule has 0 bridgehead atoms. The van der Waals surface area contributed by atoms with Crippen molar-refractivity contribution >= 4 is 23.2 Å². The number of nitrogens with one attached hydrogen (secondary N) is 1. The van der Waals surface area contributed by atoms with E-state index < -0.39 is 0 Å². The van der Waals surface area contributed by atoms with Crippen molar-refractivity contribution in [2.75, 3.05) is 38.6 Å². The predicted molar refractivity (Wildman–Crippen MR) is 99.8 cm³/mol. The Labute approximate surface area is 152 Å². The molecule has 0 aliphatic carbocycles. The van der Waals surface area contributed by atoms with Crippen molar-refractivity contribution in [2.45, 2.75) is 6.04 Å². The molecule has 0 radical (unpaired) electrons.